The van der Waals surface area contributed by atoms with Crippen molar-refractivity contribution >= 4 is 12.0 Å². The number of nitrogens with one attached hydrogen (secondary N) is 1. The largest absolute Gasteiger partial charge is 0.444 e. The Morgan fingerprint density at radius 1 is 1.43 bits per heavy atom. The lowest BCUT2D eigenvalue weighted by molar-refractivity contribution is -0.132. The fourth-order valence-electron chi connectivity index (χ4n) is 2.44. The fraction of sp³-hybridized carbons (Fsp3) is 0.765. The molecule has 2 amide bonds. The van der Waals surface area contributed by atoms with Crippen molar-refractivity contribution in [2.45, 2.75) is 52.2 Å². The standard InChI is InChI=1S/C17H28N2O4/c1-6-8-14(18-16(21)23-17(3,4)5)15(20)19-10-9-13(11-19)12-22-7-2/h1,13-14H,7-12H2,2-5H3,(H,18,21)/t13-,14-/m0/s1. The number of carbonyl (C=O) groups excluding carboxylic acids is 2. The lowest BCUT2D eigenvalue weighted by atomic mass is 10.1. The Morgan fingerprint density at radius 2 is 2.13 bits per heavy atom. The quantitative estimate of drug-likeness (QED) is 0.756. The zero-order valence-electron chi connectivity index (χ0n) is 14.6. The van der Waals surface area contributed by atoms with Gasteiger partial charge in [0.1, 0.15) is 11.6 Å². The molecule has 0 saturated carbocycles. The second-order valence-electron chi connectivity index (χ2n) is 6.71. The second kappa shape index (κ2) is 8.78. The maximum absolute atomic E-state index is 12.6. The maximum Gasteiger partial charge on any atom is 0.408 e. The van der Waals surface area contributed by atoms with E-state index < -0.39 is 17.7 Å². The topological polar surface area (TPSA) is 67.9 Å². The monoisotopic (exact) mass is 324 g/mol. The summed E-state index contributed by atoms with van der Waals surface area (Å²) < 4.78 is 10.6. The number of carbonyl (C=O) groups is 2. The second-order valence-corrected chi connectivity index (χ2v) is 6.71. The Balaban J connectivity index is 2.58. The number of nitrogens with zero attached hydrogens (tertiary/aromatic N) is 1. The van der Waals surface area contributed by atoms with Crippen LogP contribution in [0.3, 0.4) is 0 Å². The average molecular weight is 324 g/mol. The predicted octanol–water partition coefficient (Wildman–Crippen LogP) is 1.79. The molecule has 1 heterocycles. The first-order chi connectivity index (χ1) is 10.8. The molecule has 0 spiro atoms. The molecular formula is C17H28N2O4. The van der Waals surface area contributed by atoms with E-state index in [0.29, 0.717) is 32.2 Å². The van der Waals surface area contributed by atoms with E-state index in [9.17, 15) is 9.59 Å². The molecule has 6 nitrogen and oxygen atoms in total. The minimum atomic E-state index is -0.749. The zero-order chi connectivity index (χ0) is 17.5. The van der Waals surface area contributed by atoms with Crippen molar-refractivity contribution in [1.29, 1.82) is 0 Å². The van der Waals surface area contributed by atoms with Crippen LogP contribution in [0.15, 0.2) is 0 Å². The summed E-state index contributed by atoms with van der Waals surface area (Å²) in [5.74, 6) is 2.62. The highest BCUT2D eigenvalue weighted by atomic mass is 16.6. The minimum absolute atomic E-state index is 0.144. The summed E-state index contributed by atoms with van der Waals surface area (Å²) in [7, 11) is 0. The lowest BCUT2D eigenvalue weighted by Crippen LogP contribution is -2.49. The van der Waals surface area contributed by atoms with Gasteiger partial charge in [-0.15, -0.1) is 12.3 Å². The van der Waals surface area contributed by atoms with Crippen molar-refractivity contribution in [3.05, 3.63) is 0 Å². The predicted molar refractivity (Wildman–Crippen MR) is 87.8 cm³/mol. The summed E-state index contributed by atoms with van der Waals surface area (Å²) in [5.41, 5.74) is -0.621. The van der Waals surface area contributed by atoms with Gasteiger partial charge in [0.25, 0.3) is 0 Å². The molecule has 1 saturated heterocycles. The van der Waals surface area contributed by atoms with Crippen LogP contribution in [0.25, 0.3) is 0 Å². The molecule has 2 atom stereocenters. The Kier molecular flexibility index (Phi) is 7.37. The molecule has 0 aromatic heterocycles. The van der Waals surface area contributed by atoms with Crippen LogP contribution in [-0.4, -0.2) is 54.8 Å². The molecule has 1 aliphatic rings. The third-order valence-corrected chi connectivity index (χ3v) is 3.47. The number of hydrogen-bond acceptors (Lipinski definition) is 4. The number of hydrogen-bond donors (Lipinski definition) is 1. The van der Waals surface area contributed by atoms with Crippen molar-refractivity contribution in [1.82, 2.24) is 10.2 Å². The molecule has 0 radical (unpaired) electrons. The van der Waals surface area contributed by atoms with Crippen LogP contribution in [0, 0.1) is 18.3 Å². The highest BCUT2D eigenvalue weighted by Crippen LogP contribution is 2.18. The maximum atomic E-state index is 12.6. The fourth-order valence-corrected chi connectivity index (χ4v) is 2.44. The molecule has 0 aromatic rings. The van der Waals surface area contributed by atoms with E-state index >= 15 is 0 Å². The van der Waals surface area contributed by atoms with E-state index in [4.69, 9.17) is 15.9 Å². The summed E-state index contributed by atoms with van der Waals surface area (Å²) >= 11 is 0. The SMILES string of the molecule is C#CC[C@H](NC(=O)OC(C)(C)C)C(=O)N1CC[C@H](COCC)C1. The van der Waals surface area contributed by atoms with Gasteiger partial charge >= 0.3 is 6.09 Å². The third kappa shape index (κ3) is 6.91. The first kappa shape index (κ1) is 19.3. The number of likely N-dealkylation sites (tertiary alicyclic amines) is 1. The van der Waals surface area contributed by atoms with Crippen molar-refractivity contribution in [2.24, 2.45) is 5.92 Å². The minimum Gasteiger partial charge on any atom is -0.444 e. The molecule has 0 unspecified atom stereocenters. The number of rotatable bonds is 6. The first-order valence-electron chi connectivity index (χ1n) is 8.06. The summed E-state index contributed by atoms with van der Waals surface area (Å²) in [6.45, 7) is 9.87. The van der Waals surface area contributed by atoms with E-state index in [0.717, 1.165) is 6.42 Å². The van der Waals surface area contributed by atoms with Gasteiger partial charge in [-0.05, 0) is 34.1 Å². The van der Waals surface area contributed by atoms with Crippen LogP contribution in [-0.2, 0) is 14.3 Å². The lowest BCUT2D eigenvalue weighted by Gasteiger charge is -2.25. The van der Waals surface area contributed by atoms with Crippen molar-refractivity contribution in [3.8, 4) is 12.3 Å². The normalized spacial score (nSPS) is 19.1. The van der Waals surface area contributed by atoms with Crippen LogP contribution in [0.1, 0.15) is 40.5 Å². The van der Waals surface area contributed by atoms with Crippen molar-refractivity contribution < 1.29 is 19.1 Å². The van der Waals surface area contributed by atoms with Gasteiger partial charge in [0.05, 0.1) is 6.61 Å². The highest BCUT2D eigenvalue weighted by molar-refractivity contribution is 5.86. The van der Waals surface area contributed by atoms with Crippen molar-refractivity contribution in [3.63, 3.8) is 0 Å². The number of alkyl carbamates (subject to hydrolysis) is 1. The zero-order valence-corrected chi connectivity index (χ0v) is 14.6. The number of amides is 2. The molecule has 1 rings (SSSR count). The molecular weight excluding hydrogens is 296 g/mol. The van der Waals surface area contributed by atoms with Gasteiger partial charge in [0.2, 0.25) is 5.91 Å². The van der Waals surface area contributed by atoms with E-state index in [1.165, 1.54) is 0 Å². The third-order valence-electron chi connectivity index (χ3n) is 3.47. The van der Waals surface area contributed by atoms with Gasteiger partial charge in [0, 0.05) is 32.0 Å². The van der Waals surface area contributed by atoms with Crippen molar-refractivity contribution in [2.75, 3.05) is 26.3 Å². The Hall–Kier alpha value is -1.74. The molecule has 1 N–H and O–H groups in total. The number of terminal acetylenes is 1. The molecule has 1 fully saturated rings. The highest BCUT2D eigenvalue weighted by Gasteiger charge is 2.32. The Labute approximate surface area is 138 Å². The van der Waals surface area contributed by atoms with Gasteiger partial charge < -0.3 is 19.7 Å². The molecule has 23 heavy (non-hydrogen) atoms. The van der Waals surface area contributed by atoms with Crippen LogP contribution in [0.4, 0.5) is 4.79 Å². The van der Waals surface area contributed by atoms with Crippen LogP contribution >= 0.6 is 0 Å². The van der Waals surface area contributed by atoms with E-state index in [1.54, 1.807) is 25.7 Å². The smallest absolute Gasteiger partial charge is 0.408 e. The molecule has 1 aliphatic heterocycles. The molecule has 130 valence electrons. The Morgan fingerprint density at radius 3 is 2.70 bits per heavy atom. The van der Waals surface area contributed by atoms with Gasteiger partial charge in [-0.3, -0.25) is 4.79 Å². The average Bonchev–Trinajstić information content (AvgIpc) is 2.90. The van der Waals surface area contributed by atoms with Crippen LogP contribution in [0.2, 0.25) is 0 Å². The summed E-state index contributed by atoms with van der Waals surface area (Å²) in [5, 5.41) is 2.58. The Bertz CT molecular complexity index is 450. The number of ether oxygens (including phenoxy) is 2. The molecule has 6 heteroatoms. The summed E-state index contributed by atoms with van der Waals surface area (Å²) in [6.07, 6.45) is 5.75. The van der Waals surface area contributed by atoms with Gasteiger partial charge in [-0.1, -0.05) is 0 Å². The molecule has 0 bridgehead atoms. The van der Waals surface area contributed by atoms with Gasteiger partial charge in [0.15, 0.2) is 0 Å². The van der Waals surface area contributed by atoms with E-state index in [2.05, 4.69) is 11.2 Å². The summed E-state index contributed by atoms with van der Waals surface area (Å²) in [4.78, 5) is 26.2. The van der Waals surface area contributed by atoms with Crippen LogP contribution in [0.5, 0.6) is 0 Å². The molecule has 0 aromatic carbocycles. The van der Waals surface area contributed by atoms with Gasteiger partial charge in [-0.25, -0.2) is 4.79 Å². The van der Waals surface area contributed by atoms with Crippen LogP contribution < -0.4 is 5.32 Å². The first-order valence-corrected chi connectivity index (χ1v) is 8.06. The summed E-state index contributed by atoms with van der Waals surface area (Å²) in [6, 6.07) is -0.749. The van der Waals surface area contributed by atoms with E-state index in [1.807, 2.05) is 6.92 Å². The van der Waals surface area contributed by atoms with Gasteiger partial charge in [-0.2, -0.15) is 0 Å². The van der Waals surface area contributed by atoms with E-state index in [-0.39, 0.29) is 12.3 Å². The molecule has 0 aliphatic carbocycles.